The molecule has 0 radical (unpaired) electrons. The number of aryl methyl sites for hydroxylation is 1. The number of amides is 1. The van der Waals surface area contributed by atoms with E-state index in [1.807, 2.05) is 6.92 Å². The highest BCUT2D eigenvalue weighted by atomic mass is 19.1. The van der Waals surface area contributed by atoms with Gasteiger partial charge in [-0.2, -0.15) is 5.10 Å². The van der Waals surface area contributed by atoms with Crippen LogP contribution in [0.1, 0.15) is 32.6 Å². The first-order valence-electron chi connectivity index (χ1n) is 9.89. The lowest BCUT2D eigenvalue weighted by atomic mass is 10.0. The zero-order valence-electron chi connectivity index (χ0n) is 16.7. The largest absolute Gasteiger partial charge is 0.413 e. The van der Waals surface area contributed by atoms with Crippen LogP contribution < -0.4 is 10.1 Å². The van der Waals surface area contributed by atoms with Crippen LogP contribution in [0.4, 0.5) is 9.18 Å². The van der Waals surface area contributed by atoms with Gasteiger partial charge in [0, 0.05) is 24.2 Å². The Hall–Kier alpha value is -3.49. The Morgan fingerprint density at radius 3 is 2.93 bits per heavy atom. The summed E-state index contributed by atoms with van der Waals surface area (Å²) in [5.74, 6) is -0.0355. The first kappa shape index (κ1) is 18.5. The van der Waals surface area contributed by atoms with Crippen molar-refractivity contribution in [3.63, 3.8) is 0 Å². The number of nitrogens with one attached hydrogen (secondary N) is 2. The molecule has 5 rings (SSSR count). The maximum atomic E-state index is 13.6. The Labute approximate surface area is 171 Å². The third kappa shape index (κ3) is 3.16. The van der Waals surface area contributed by atoms with Gasteiger partial charge in [-0.1, -0.05) is 12.8 Å². The van der Waals surface area contributed by atoms with Gasteiger partial charge in [-0.05, 0) is 38.0 Å². The van der Waals surface area contributed by atoms with Gasteiger partial charge in [0.05, 0.1) is 11.7 Å². The lowest BCUT2D eigenvalue weighted by molar-refractivity contribution is 0.187. The summed E-state index contributed by atoms with van der Waals surface area (Å²) in [6.45, 7) is 2.03. The van der Waals surface area contributed by atoms with E-state index in [1.165, 1.54) is 12.1 Å². The summed E-state index contributed by atoms with van der Waals surface area (Å²) >= 11 is 0. The van der Waals surface area contributed by atoms with E-state index in [-0.39, 0.29) is 11.4 Å². The number of aromatic nitrogens is 5. The third-order valence-corrected chi connectivity index (χ3v) is 5.72. The van der Waals surface area contributed by atoms with Crippen LogP contribution in [0.3, 0.4) is 0 Å². The van der Waals surface area contributed by atoms with E-state index in [9.17, 15) is 9.18 Å². The molecule has 1 aliphatic rings. The van der Waals surface area contributed by atoms with E-state index in [4.69, 9.17) is 4.74 Å². The zero-order chi connectivity index (χ0) is 20.9. The van der Waals surface area contributed by atoms with Crippen molar-refractivity contribution in [2.45, 2.75) is 38.1 Å². The quantitative estimate of drug-likeness (QED) is 0.532. The topological polar surface area (TPSA) is 97.7 Å². The third-order valence-electron chi connectivity index (χ3n) is 5.72. The normalized spacial score (nSPS) is 15.7. The highest BCUT2D eigenvalue weighted by Crippen LogP contribution is 2.31. The summed E-state index contributed by atoms with van der Waals surface area (Å²) in [6, 6.07) is 4.48. The van der Waals surface area contributed by atoms with Crippen LogP contribution in [0.5, 0.6) is 5.75 Å². The Bertz CT molecular complexity index is 1270. The van der Waals surface area contributed by atoms with Crippen molar-refractivity contribution in [2.75, 3.05) is 0 Å². The molecule has 1 fully saturated rings. The number of hydrogen-bond donors (Lipinski definition) is 2. The summed E-state index contributed by atoms with van der Waals surface area (Å²) in [5.41, 5.74) is 2.44. The minimum absolute atomic E-state index is 0.234. The van der Waals surface area contributed by atoms with E-state index in [2.05, 4.69) is 25.4 Å². The molecule has 2 N–H and O–H groups in total. The average molecular weight is 408 g/mol. The van der Waals surface area contributed by atoms with E-state index in [0.29, 0.717) is 33.8 Å². The highest BCUT2D eigenvalue weighted by molar-refractivity contribution is 5.93. The standard InChI is InChI=1S/C21H21FN6O2/c1-21(7-3-4-8-21)26-20(29)30-16-11-24-19-18(16)25-14(10-23-19)17-13-6-5-12(22)9-15(13)28(2)27-17/h5-6,9-11H,3-4,7-8H2,1-2H3,(H,23,24)(H,26,29). The van der Waals surface area contributed by atoms with Gasteiger partial charge in [-0.25, -0.2) is 19.2 Å². The number of hydrogen-bond acceptors (Lipinski definition) is 5. The molecule has 0 atom stereocenters. The molecule has 0 unspecified atom stereocenters. The van der Waals surface area contributed by atoms with Crippen LogP contribution in [0.25, 0.3) is 33.5 Å². The fourth-order valence-electron chi connectivity index (χ4n) is 4.13. The second kappa shape index (κ2) is 6.79. The Morgan fingerprint density at radius 1 is 1.33 bits per heavy atom. The predicted molar refractivity (Wildman–Crippen MR) is 110 cm³/mol. The molecule has 1 saturated carbocycles. The molecule has 4 aromatic rings. The lowest BCUT2D eigenvalue weighted by Gasteiger charge is -2.24. The number of carbonyl (C=O) groups excluding carboxylic acids is 1. The van der Waals surface area contributed by atoms with Crippen molar-refractivity contribution in [1.82, 2.24) is 30.0 Å². The zero-order valence-corrected chi connectivity index (χ0v) is 16.7. The molecular weight excluding hydrogens is 387 g/mol. The van der Waals surface area contributed by atoms with Crippen molar-refractivity contribution in [1.29, 1.82) is 0 Å². The maximum Gasteiger partial charge on any atom is 0.413 e. The van der Waals surface area contributed by atoms with Crippen molar-refractivity contribution in [3.8, 4) is 17.1 Å². The van der Waals surface area contributed by atoms with Gasteiger partial charge < -0.3 is 15.0 Å². The van der Waals surface area contributed by atoms with E-state index < -0.39 is 6.09 Å². The number of halogens is 1. The van der Waals surface area contributed by atoms with Crippen molar-refractivity contribution < 1.29 is 13.9 Å². The number of H-pyrrole nitrogens is 1. The van der Waals surface area contributed by atoms with Crippen molar-refractivity contribution >= 4 is 28.2 Å². The Kier molecular flexibility index (Phi) is 4.19. The average Bonchev–Trinajstić information content (AvgIpc) is 3.40. The molecule has 1 amide bonds. The molecule has 3 heterocycles. The molecule has 154 valence electrons. The molecule has 1 aliphatic carbocycles. The number of benzene rings is 1. The van der Waals surface area contributed by atoms with Crippen LogP contribution >= 0.6 is 0 Å². The van der Waals surface area contributed by atoms with Crippen LogP contribution in [-0.2, 0) is 7.05 Å². The second-order valence-electron chi connectivity index (χ2n) is 8.02. The molecule has 30 heavy (non-hydrogen) atoms. The molecule has 8 nitrogen and oxygen atoms in total. The SMILES string of the molecule is Cn1nc(-c2cnc3[nH]cc(OC(=O)NC4(C)CCCC4)c3n2)c2ccc(F)cc21. The van der Waals surface area contributed by atoms with Crippen LogP contribution in [0, 0.1) is 5.82 Å². The van der Waals surface area contributed by atoms with Gasteiger partial charge in [-0.15, -0.1) is 0 Å². The molecule has 1 aromatic carbocycles. The van der Waals surface area contributed by atoms with Gasteiger partial charge in [0.2, 0.25) is 0 Å². The minimum atomic E-state index is -0.508. The van der Waals surface area contributed by atoms with Crippen molar-refractivity contribution in [2.24, 2.45) is 7.05 Å². The fraction of sp³-hybridized carbons (Fsp3) is 0.333. The van der Waals surface area contributed by atoms with Gasteiger partial charge >= 0.3 is 6.09 Å². The van der Waals surface area contributed by atoms with Gasteiger partial charge in [0.1, 0.15) is 17.2 Å². The van der Waals surface area contributed by atoms with Crippen molar-refractivity contribution in [3.05, 3.63) is 36.4 Å². The molecule has 0 spiro atoms. The molecule has 3 aromatic heterocycles. The number of aromatic amines is 1. The molecule has 0 aliphatic heterocycles. The predicted octanol–water partition coefficient (Wildman–Crippen LogP) is 4.07. The molecule has 0 saturated heterocycles. The molecular formula is C21H21FN6O2. The summed E-state index contributed by atoms with van der Waals surface area (Å²) in [4.78, 5) is 24.4. The smallest absolute Gasteiger partial charge is 0.406 e. The summed E-state index contributed by atoms with van der Waals surface area (Å²) in [6.07, 6.45) is 6.72. The van der Waals surface area contributed by atoms with Gasteiger partial charge in [-0.3, -0.25) is 4.68 Å². The number of rotatable bonds is 3. The van der Waals surface area contributed by atoms with Crippen LogP contribution in [0.15, 0.2) is 30.6 Å². The van der Waals surface area contributed by atoms with Crippen LogP contribution in [-0.4, -0.2) is 36.4 Å². The van der Waals surface area contributed by atoms with Gasteiger partial charge in [0.15, 0.2) is 16.9 Å². The van der Waals surface area contributed by atoms with E-state index >= 15 is 0 Å². The first-order chi connectivity index (χ1) is 14.4. The lowest BCUT2D eigenvalue weighted by Crippen LogP contribution is -2.44. The number of nitrogens with zero attached hydrogens (tertiary/aromatic N) is 4. The number of ether oxygens (including phenoxy) is 1. The van der Waals surface area contributed by atoms with E-state index in [1.54, 1.807) is 30.2 Å². The first-order valence-corrected chi connectivity index (χ1v) is 9.89. The maximum absolute atomic E-state index is 13.6. The van der Waals surface area contributed by atoms with Crippen LogP contribution in [0.2, 0.25) is 0 Å². The molecule has 9 heteroatoms. The number of carbonyl (C=O) groups is 1. The highest BCUT2D eigenvalue weighted by Gasteiger charge is 2.31. The second-order valence-corrected chi connectivity index (χ2v) is 8.02. The molecule has 0 bridgehead atoms. The van der Waals surface area contributed by atoms with E-state index in [0.717, 1.165) is 31.1 Å². The minimum Gasteiger partial charge on any atom is -0.406 e. The number of fused-ring (bicyclic) bond motifs is 2. The summed E-state index contributed by atoms with van der Waals surface area (Å²) in [5, 5.41) is 8.20. The summed E-state index contributed by atoms with van der Waals surface area (Å²) in [7, 11) is 1.75. The monoisotopic (exact) mass is 408 g/mol. The van der Waals surface area contributed by atoms with Gasteiger partial charge in [0.25, 0.3) is 0 Å². The fourth-order valence-corrected chi connectivity index (χ4v) is 4.13. The summed E-state index contributed by atoms with van der Waals surface area (Å²) < 4.78 is 20.8. The Morgan fingerprint density at radius 2 is 2.13 bits per heavy atom. The Balaban J connectivity index is 1.49.